The number of ether oxygens (including phenoxy) is 4. The average Bonchev–Trinajstić information content (AvgIpc) is 0.743. The largest absolute Gasteiger partial charge is 2.00 e. The molecular formula is C79H101CuF4IO12S2+2. The third-order valence-corrected chi connectivity index (χ3v) is 23.7. The van der Waals surface area contributed by atoms with Crippen LogP contribution in [0.2, 0.25) is 0 Å². The van der Waals surface area contributed by atoms with Gasteiger partial charge in [0.25, 0.3) is 0 Å². The molecule has 1 radical (unpaired) electrons. The van der Waals surface area contributed by atoms with E-state index >= 15 is 0 Å². The van der Waals surface area contributed by atoms with Crippen LogP contribution in [-0.4, -0.2) is 108 Å². The van der Waals surface area contributed by atoms with Crippen LogP contribution in [0.1, 0.15) is 164 Å². The molecule has 15 rings (SSSR count). The smallest absolute Gasteiger partial charge is 0.455 e. The van der Waals surface area contributed by atoms with Crippen LogP contribution < -0.4 is 21.2 Å². The monoisotopic (exact) mass is 1570 g/mol. The van der Waals surface area contributed by atoms with Gasteiger partial charge in [-0.2, -0.15) is 121 Å². The number of Topliss-reactive ketones (excluding diaryl/α,β-unsaturated/α-hetero) is 2. The number of alkyl halides is 4. The number of benzene rings is 5. The van der Waals surface area contributed by atoms with Gasteiger partial charge in [0.15, 0.2) is 12.0 Å². The van der Waals surface area contributed by atoms with Crippen LogP contribution in [-0.2, 0) is 102 Å². The van der Waals surface area contributed by atoms with Crippen molar-refractivity contribution in [3.8, 4) is 0 Å². The van der Waals surface area contributed by atoms with Gasteiger partial charge in [0.2, 0.25) is 0 Å². The maximum atomic E-state index is 12.9. The molecule has 10 aliphatic rings. The summed E-state index contributed by atoms with van der Waals surface area (Å²) in [6.07, 6.45) is 6.95. The Hall–Kier alpha value is -5.27. The summed E-state index contributed by atoms with van der Waals surface area (Å²) in [5, 5.41) is 0. The van der Waals surface area contributed by atoms with Gasteiger partial charge in [0.05, 0.1) is 26.4 Å². The minimum absolute atomic E-state index is 0. The fourth-order valence-corrected chi connectivity index (χ4v) is 18.0. The van der Waals surface area contributed by atoms with Crippen molar-refractivity contribution in [2.75, 3.05) is 49.4 Å². The number of rotatable bonds is 7. The molecule has 0 N–H and O–H groups in total. The molecule has 5 aromatic rings. The van der Waals surface area contributed by atoms with E-state index in [0.29, 0.717) is 75.1 Å². The molecule has 2 saturated heterocycles. The van der Waals surface area contributed by atoms with Crippen molar-refractivity contribution in [3.05, 3.63) is 169 Å². The van der Waals surface area contributed by atoms with Crippen LogP contribution in [0.25, 0.3) is 0 Å². The SMILES string of the molecule is C.C1CSCCO1.CC(C)(C)c1ccc([I+]c2ccc(C(C)(C)C)cc2)cc1.CC(C)(C)c1ccc([S+]2CCOCC2)cc1.CC(F)(F)C(=O)OC12CC3CC(C1)C(=O)C(C3)C2.CC(F)(F)C(=O)OC12CC3CC(C1)C(=O)C(C3)C2.O=C=O.O=C=O.[Cu+2].[c-]1ccccc1.[c-]1ccccc1. The molecule has 0 spiro atoms. The molecule has 545 valence electrons. The summed E-state index contributed by atoms with van der Waals surface area (Å²) in [5.41, 5.74) is 3.42. The van der Waals surface area contributed by atoms with Crippen molar-refractivity contribution in [3.63, 3.8) is 0 Å². The number of esters is 2. The Bertz CT molecular complexity index is 3000. The summed E-state index contributed by atoms with van der Waals surface area (Å²) in [7, 11) is 0.432. The quantitative estimate of drug-likeness (QED) is 0.0376. The second-order valence-corrected chi connectivity index (χ2v) is 35.4. The maximum absolute atomic E-state index is 12.9. The zero-order valence-corrected chi connectivity index (χ0v) is 63.0. The standard InChI is InChI=1S/C20H26I.C14H21OS.2C13H16F2O3.2C6H5.C4H8OS.2CO2.CH4.Cu/c1-19(2,3)15-7-11-17(12-8-15)21-18-13-9-16(10-14-18)20(4,5)6;1-14(2,3)12-4-6-13(7-5-12)16-10-8-15-9-11-16;2*1-12(14,15)11(17)18-13-4-7-2-8(5-13)10(16)9(3-7)6-13;2*1-2-4-6-5-3-1;1-3-6-4-2-5-1;2*2-1-3;;/h7-14H,1-6H3;4-7H,8-11H2,1-3H3;2*7-9H,2-6H2,1H3;2*1-5H;1-4H2;;;1H4;/q2*+1;;;2*-1;;;;;+2. The van der Waals surface area contributed by atoms with E-state index in [-0.39, 0.29) is 109 Å². The van der Waals surface area contributed by atoms with Crippen LogP contribution in [0.5, 0.6) is 0 Å². The van der Waals surface area contributed by atoms with Gasteiger partial charge in [0, 0.05) is 59.9 Å². The zero-order chi connectivity index (χ0) is 71.7. The van der Waals surface area contributed by atoms with Gasteiger partial charge < -0.3 is 18.9 Å². The van der Waals surface area contributed by atoms with E-state index in [2.05, 4.69) is 147 Å². The molecule has 20 heteroatoms. The van der Waals surface area contributed by atoms with Crippen LogP contribution >= 0.6 is 11.8 Å². The molecular weight excluding hydrogens is 1470 g/mol. The predicted molar refractivity (Wildman–Crippen MR) is 370 cm³/mol. The molecule has 0 aromatic heterocycles. The van der Waals surface area contributed by atoms with Crippen LogP contribution in [0.15, 0.2) is 138 Å². The molecule has 10 fully saturated rings. The number of hydrogen-bond acceptors (Lipinski definition) is 13. The molecule has 0 amide bonds. The third-order valence-electron chi connectivity index (χ3n) is 17.8. The molecule has 2 heterocycles. The maximum Gasteiger partial charge on any atom is 2.00 e. The first kappa shape index (κ1) is 87.9. The van der Waals surface area contributed by atoms with Crippen molar-refractivity contribution in [2.45, 2.75) is 192 Å². The fraction of sp³-hybridized carbons (Fsp3) is 0.544. The average molecular weight is 1570 g/mol. The number of hydrogen-bond donors (Lipinski definition) is 0. The van der Waals surface area contributed by atoms with E-state index in [1.54, 1.807) is 0 Å². The first-order chi connectivity index (χ1) is 45.6. The van der Waals surface area contributed by atoms with Crippen molar-refractivity contribution >= 4 is 58.5 Å². The molecule has 4 atom stereocenters. The van der Waals surface area contributed by atoms with Crippen molar-refractivity contribution < 1.29 is 113 Å². The Morgan fingerprint density at radius 2 is 0.788 bits per heavy atom. The molecule has 99 heavy (non-hydrogen) atoms. The summed E-state index contributed by atoms with van der Waals surface area (Å²) < 4.78 is 75.4. The van der Waals surface area contributed by atoms with E-state index in [0.717, 1.165) is 52.1 Å². The molecule has 8 saturated carbocycles. The number of carbonyl (C=O) groups excluding carboxylic acids is 8. The van der Waals surface area contributed by atoms with Gasteiger partial charge in [-0.15, -0.1) is 0 Å². The second-order valence-electron chi connectivity index (χ2n) is 28.9. The Labute approximate surface area is 613 Å². The number of thioether (sulfide) groups is 1. The van der Waals surface area contributed by atoms with Gasteiger partial charge in [-0.3, -0.25) is 9.59 Å². The van der Waals surface area contributed by atoms with Gasteiger partial charge in [-0.1, -0.05) is 106 Å². The normalized spacial score (nSPS) is 23.6. The number of halogens is 5. The summed E-state index contributed by atoms with van der Waals surface area (Å²) >= 11 is 1.90. The predicted octanol–water partition coefficient (Wildman–Crippen LogP) is 13.3. The molecule has 8 aliphatic carbocycles. The summed E-state index contributed by atoms with van der Waals surface area (Å²) in [6, 6.07) is 52.6. The third kappa shape index (κ3) is 29.5. The summed E-state index contributed by atoms with van der Waals surface area (Å²) in [4.78, 5) is 80.6. The zero-order valence-electron chi connectivity index (χ0n) is 58.3. The van der Waals surface area contributed by atoms with E-state index in [9.17, 15) is 36.7 Å². The van der Waals surface area contributed by atoms with E-state index in [1.165, 1.54) is 51.7 Å². The number of carbonyl (C=O) groups is 4. The molecule has 8 bridgehead atoms. The Kier molecular flexibility index (Phi) is 36.5. The van der Waals surface area contributed by atoms with Crippen molar-refractivity contribution in [1.29, 1.82) is 0 Å². The van der Waals surface area contributed by atoms with Crippen LogP contribution in [0.4, 0.5) is 17.6 Å². The molecule has 4 unspecified atom stereocenters. The van der Waals surface area contributed by atoms with Crippen LogP contribution in [0, 0.1) is 54.8 Å². The Balaban J connectivity index is 0.000000307. The molecule has 12 nitrogen and oxygen atoms in total. The summed E-state index contributed by atoms with van der Waals surface area (Å²) in [6.45, 7) is 25.3. The first-order valence-electron chi connectivity index (χ1n) is 33.1. The van der Waals surface area contributed by atoms with Crippen LogP contribution in [0.3, 0.4) is 0 Å². The minimum atomic E-state index is -3.45. The van der Waals surface area contributed by atoms with Crippen molar-refractivity contribution in [2.24, 2.45) is 35.5 Å². The number of ketones is 2. The van der Waals surface area contributed by atoms with Gasteiger partial charge in [0.1, 0.15) is 34.3 Å². The molecule has 2 aliphatic heterocycles. The van der Waals surface area contributed by atoms with Gasteiger partial charge >= 0.3 is 74.4 Å². The van der Waals surface area contributed by atoms with Gasteiger partial charge in [-0.05, 0) is 145 Å². The second kappa shape index (κ2) is 41.1. The van der Waals surface area contributed by atoms with E-state index in [1.807, 2.05) is 72.4 Å². The van der Waals surface area contributed by atoms with Gasteiger partial charge in [-0.25, -0.2) is 9.59 Å². The minimum Gasteiger partial charge on any atom is -0.455 e. The topological polar surface area (TPSA) is 173 Å². The van der Waals surface area contributed by atoms with Crippen molar-refractivity contribution in [1.82, 2.24) is 0 Å². The fourth-order valence-electron chi connectivity index (χ4n) is 13.4. The molecule has 5 aromatic carbocycles. The van der Waals surface area contributed by atoms with E-state index < -0.39 is 35.0 Å². The summed E-state index contributed by atoms with van der Waals surface area (Å²) in [5.74, 6) is -4.08. The first-order valence-corrected chi connectivity index (χ1v) is 38.0. The van der Waals surface area contributed by atoms with E-state index in [4.69, 9.17) is 38.1 Å². The Morgan fingerprint density at radius 3 is 1.02 bits per heavy atom. The Morgan fingerprint density at radius 1 is 0.495 bits per heavy atom.